The number of nitrogens with one attached hydrogen (secondary N) is 1. The molecule has 130 valence electrons. The van der Waals surface area contributed by atoms with Gasteiger partial charge < -0.3 is 15.0 Å². The number of hydrogen-bond acceptors (Lipinski definition) is 3. The van der Waals surface area contributed by atoms with Crippen molar-refractivity contribution in [3.63, 3.8) is 0 Å². The number of benzene rings is 1. The number of nitrogens with zero attached hydrogens (tertiary/aromatic N) is 1. The Hall–Kier alpha value is -1.71. The van der Waals surface area contributed by atoms with Crippen LogP contribution in [0.4, 0.5) is 10.5 Å². The summed E-state index contributed by atoms with van der Waals surface area (Å²) in [4.78, 5) is 14.0. The molecule has 0 aliphatic carbocycles. The van der Waals surface area contributed by atoms with Gasteiger partial charge in [0.15, 0.2) is 0 Å². The molecule has 1 N–H and O–H groups in total. The lowest BCUT2D eigenvalue weighted by Crippen LogP contribution is -2.36. The summed E-state index contributed by atoms with van der Waals surface area (Å²) in [5.41, 5.74) is 1.74. The molecule has 1 aromatic carbocycles. The van der Waals surface area contributed by atoms with E-state index >= 15 is 0 Å². The van der Waals surface area contributed by atoms with Crippen molar-refractivity contribution in [1.82, 2.24) is 4.90 Å². The van der Waals surface area contributed by atoms with E-state index in [0.29, 0.717) is 19.1 Å². The molecule has 0 aliphatic heterocycles. The maximum atomic E-state index is 12.2. The molecule has 1 unspecified atom stereocenters. The normalized spacial score (nSPS) is 12.6. The Morgan fingerprint density at radius 3 is 2.57 bits per heavy atom. The summed E-state index contributed by atoms with van der Waals surface area (Å²) in [6, 6.07) is 8.70. The molecular formula is C19H32N2O2. The van der Waals surface area contributed by atoms with E-state index in [4.69, 9.17) is 4.74 Å². The van der Waals surface area contributed by atoms with Crippen LogP contribution in [0.5, 0.6) is 0 Å². The number of rotatable bonds is 7. The van der Waals surface area contributed by atoms with E-state index in [0.717, 1.165) is 24.1 Å². The van der Waals surface area contributed by atoms with Crippen LogP contribution in [0.25, 0.3) is 0 Å². The van der Waals surface area contributed by atoms with Crippen LogP contribution < -0.4 is 5.32 Å². The molecule has 0 aromatic heterocycles. The van der Waals surface area contributed by atoms with Crippen LogP contribution in [0.15, 0.2) is 24.3 Å². The largest absolute Gasteiger partial charge is 0.444 e. The molecule has 0 saturated heterocycles. The van der Waals surface area contributed by atoms with Gasteiger partial charge in [-0.15, -0.1) is 0 Å². The lowest BCUT2D eigenvalue weighted by atomic mass is 10.1. The van der Waals surface area contributed by atoms with Gasteiger partial charge in [-0.2, -0.15) is 0 Å². The minimum Gasteiger partial charge on any atom is -0.444 e. The predicted molar refractivity (Wildman–Crippen MR) is 96.8 cm³/mol. The van der Waals surface area contributed by atoms with Crippen molar-refractivity contribution in [3.8, 4) is 0 Å². The van der Waals surface area contributed by atoms with Crippen molar-refractivity contribution in [1.29, 1.82) is 0 Å². The molecule has 0 saturated carbocycles. The van der Waals surface area contributed by atoms with Crippen LogP contribution in [0.3, 0.4) is 0 Å². The van der Waals surface area contributed by atoms with Gasteiger partial charge in [0.2, 0.25) is 0 Å². The molecular weight excluding hydrogens is 288 g/mol. The van der Waals surface area contributed by atoms with Crippen LogP contribution in [0, 0.1) is 0 Å². The van der Waals surface area contributed by atoms with Crippen LogP contribution in [0.1, 0.15) is 59.9 Å². The van der Waals surface area contributed by atoms with Crippen molar-refractivity contribution in [2.24, 2.45) is 0 Å². The van der Waals surface area contributed by atoms with Crippen LogP contribution >= 0.6 is 0 Å². The number of carbonyl (C=O) groups excluding carboxylic acids is 1. The van der Waals surface area contributed by atoms with Gasteiger partial charge in [-0.25, -0.2) is 4.79 Å². The number of amides is 1. The molecule has 1 aromatic rings. The quantitative estimate of drug-likeness (QED) is 0.765. The molecule has 1 atom stereocenters. The lowest BCUT2D eigenvalue weighted by molar-refractivity contribution is 0.0244. The minimum atomic E-state index is -0.469. The molecule has 0 radical (unpaired) electrons. The van der Waals surface area contributed by atoms with Gasteiger partial charge in [-0.3, -0.25) is 0 Å². The second kappa shape index (κ2) is 8.80. The molecule has 0 aliphatic rings. The van der Waals surface area contributed by atoms with Crippen molar-refractivity contribution < 1.29 is 9.53 Å². The molecule has 4 heteroatoms. The fraction of sp³-hybridized carbons (Fsp3) is 0.632. The van der Waals surface area contributed by atoms with Gasteiger partial charge in [0.25, 0.3) is 0 Å². The third-order valence-corrected chi connectivity index (χ3v) is 3.47. The molecule has 4 nitrogen and oxygen atoms in total. The van der Waals surface area contributed by atoms with Gasteiger partial charge in [-0.05, 0) is 58.7 Å². The second-order valence-electron chi connectivity index (χ2n) is 7.03. The highest BCUT2D eigenvalue weighted by molar-refractivity contribution is 5.68. The summed E-state index contributed by atoms with van der Waals surface area (Å²) in [5.74, 6) is 0. The summed E-state index contributed by atoms with van der Waals surface area (Å²) < 4.78 is 5.46. The van der Waals surface area contributed by atoms with Crippen LogP contribution in [-0.2, 0) is 11.3 Å². The SMILES string of the molecule is CCCC(C)Nc1cccc(CN(CC)C(=O)OC(C)(C)C)c1. The van der Waals surface area contributed by atoms with Gasteiger partial charge >= 0.3 is 6.09 Å². The van der Waals surface area contributed by atoms with E-state index < -0.39 is 5.60 Å². The summed E-state index contributed by atoms with van der Waals surface area (Å²) in [5, 5.41) is 3.51. The van der Waals surface area contributed by atoms with Crippen molar-refractivity contribution in [2.75, 3.05) is 11.9 Å². The minimum absolute atomic E-state index is 0.266. The Morgan fingerprint density at radius 1 is 1.30 bits per heavy atom. The van der Waals surface area contributed by atoms with E-state index in [1.54, 1.807) is 4.90 Å². The Bertz CT molecular complexity index is 494. The van der Waals surface area contributed by atoms with E-state index in [2.05, 4.69) is 31.3 Å². The Kier molecular flexibility index (Phi) is 7.40. The van der Waals surface area contributed by atoms with Crippen molar-refractivity contribution in [3.05, 3.63) is 29.8 Å². The van der Waals surface area contributed by atoms with Crippen molar-refractivity contribution >= 4 is 11.8 Å². The average Bonchev–Trinajstić information content (AvgIpc) is 2.43. The second-order valence-corrected chi connectivity index (χ2v) is 7.03. The summed E-state index contributed by atoms with van der Waals surface area (Å²) >= 11 is 0. The first kappa shape index (κ1) is 19.3. The van der Waals surface area contributed by atoms with E-state index in [-0.39, 0.29) is 6.09 Å². The summed E-state index contributed by atoms with van der Waals surface area (Å²) in [6.45, 7) is 13.2. The number of anilines is 1. The molecule has 1 amide bonds. The number of ether oxygens (including phenoxy) is 1. The molecule has 0 heterocycles. The smallest absolute Gasteiger partial charge is 0.410 e. The number of carbonyl (C=O) groups is 1. The lowest BCUT2D eigenvalue weighted by Gasteiger charge is -2.26. The Labute approximate surface area is 141 Å². The highest BCUT2D eigenvalue weighted by Crippen LogP contribution is 2.17. The molecule has 0 spiro atoms. The highest BCUT2D eigenvalue weighted by Gasteiger charge is 2.21. The van der Waals surface area contributed by atoms with Crippen LogP contribution in [0.2, 0.25) is 0 Å². The maximum absolute atomic E-state index is 12.2. The third-order valence-electron chi connectivity index (χ3n) is 3.47. The molecule has 0 bridgehead atoms. The van der Waals surface area contributed by atoms with Gasteiger partial charge in [0.05, 0.1) is 0 Å². The zero-order valence-corrected chi connectivity index (χ0v) is 15.5. The van der Waals surface area contributed by atoms with Crippen LogP contribution in [-0.4, -0.2) is 29.2 Å². The molecule has 0 fully saturated rings. The average molecular weight is 320 g/mol. The first-order chi connectivity index (χ1) is 10.7. The Balaban J connectivity index is 2.72. The van der Waals surface area contributed by atoms with Gasteiger partial charge in [0, 0.05) is 24.8 Å². The Morgan fingerprint density at radius 2 is 2.00 bits per heavy atom. The fourth-order valence-corrected chi connectivity index (χ4v) is 2.40. The predicted octanol–water partition coefficient (Wildman–Crippen LogP) is 5.04. The van der Waals surface area contributed by atoms with Gasteiger partial charge in [-0.1, -0.05) is 25.5 Å². The standard InChI is InChI=1S/C19H32N2O2/c1-7-10-15(3)20-17-12-9-11-16(13-17)14-21(8-2)18(22)23-19(4,5)6/h9,11-13,15,20H,7-8,10,14H2,1-6H3. The topological polar surface area (TPSA) is 41.6 Å². The fourth-order valence-electron chi connectivity index (χ4n) is 2.40. The highest BCUT2D eigenvalue weighted by atomic mass is 16.6. The number of hydrogen-bond donors (Lipinski definition) is 1. The summed E-state index contributed by atoms with van der Waals surface area (Å²) in [7, 11) is 0. The maximum Gasteiger partial charge on any atom is 0.410 e. The molecule has 1 rings (SSSR count). The summed E-state index contributed by atoms with van der Waals surface area (Å²) in [6.07, 6.45) is 2.04. The van der Waals surface area contributed by atoms with E-state index in [1.807, 2.05) is 39.8 Å². The van der Waals surface area contributed by atoms with Crippen molar-refractivity contribution in [2.45, 2.75) is 72.6 Å². The first-order valence-electron chi connectivity index (χ1n) is 8.58. The monoisotopic (exact) mass is 320 g/mol. The zero-order valence-electron chi connectivity index (χ0n) is 15.5. The molecule has 23 heavy (non-hydrogen) atoms. The van der Waals surface area contributed by atoms with Gasteiger partial charge in [0.1, 0.15) is 5.60 Å². The first-order valence-corrected chi connectivity index (χ1v) is 8.58. The van der Waals surface area contributed by atoms with E-state index in [9.17, 15) is 4.79 Å². The zero-order chi connectivity index (χ0) is 17.5. The third kappa shape index (κ3) is 7.40. The van der Waals surface area contributed by atoms with E-state index in [1.165, 1.54) is 0 Å².